The van der Waals surface area contributed by atoms with Crippen molar-refractivity contribution in [2.45, 2.75) is 39.2 Å². The molecular formula is C20H29N3O4. The van der Waals surface area contributed by atoms with Crippen LogP contribution in [-0.4, -0.2) is 56.3 Å². The predicted octanol–water partition coefficient (Wildman–Crippen LogP) is 3.10. The number of nitrogens with zero attached hydrogens (tertiary/aromatic N) is 2. The zero-order chi connectivity index (χ0) is 19.4. The first-order valence-corrected chi connectivity index (χ1v) is 9.65. The van der Waals surface area contributed by atoms with Crippen LogP contribution in [0.4, 0.5) is 16.2 Å². The molecule has 2 fully saturated rings. The van der Waals surface area contributed by atoms with E-state index < -0.39 is 0 Å². The topological polar surface area (TPSA) is 71.1 Å². The Kier molecular flexibility index (Phi) is 6.21. The Bertz CT molecular complexity index is 692. The number of anilines is 2. The lowest BCUT2D eigenvalue weighted by Crippen LogP contribution is -2.48. The Morgan fingerprint density at radius 3 is 2.81 bits per heavy atom. The van der Waals surface area contributed by atoms with E-state index in [0.717, 1.165) is 12.8 Å². The predicted molar refractivity (Wildman–Crippen MR) is 104 cm³/mol. The highest BCUT2D eigenvalue weighted by atomic mass is 16.5. The molecule has 1 N–H and O–H groups in total. The van der Waals surface area contributed by atoms with Crippen molar-refractivity contribution in [3.8, 4) is 5.75 Å². The summed E-state index contributed by atoms with van der Waals surface area (Å²) in [6.07, 6.45) is 2.49. The van der Waals surface area contributed by atoms with Crippen molar-refractivity contribution in [3.05, 3.63) is 18.2 Å². The van der Waals surface area contributed by atoms with Crippen LogP contribution in [0, 0.1) is 5.92 Å². The molecule has 2 aliphatic rings. The van der Waals surface area contributed by atoms with Gasteiger partial charge in [-0.1, -0.05) is 13.8 Å². The molecule has 2 saturated heterocycles. The summed E-state index contributed by atoms with van der Waals surface area (Å²) in [5.41, 5.74) is 1.36. The minimum absolute atomic E-state index is 0.0573. The molecule has 1 aromatic rings. The van der Waals surface area contributed by atoms with Crippen molar-refractivity contribution < 1.29 is 19.1 Å². The molecule has 2 heterocycles. The normalized spacial score (nSPS) is 20.7. The van der Waals surface area contributed by atoms with E-state index in [1.807, 2.05) is 6.07 Å². The molecule has 0 saturated carbocycles. The summed E-state index contributed by atoms with van der Waals surface area (Å²) in [4.78, 5) is 28.5. The summed E-state index contributed by atoms with van der Waals surface area (Å²) in [6.45, 7) is 6.56. The summed E-state index contributed by atoms with van der Waals surface area (Å²) in [7, 11) is 1.59. The summed E-state index contributed by atoms with van der Waals surface area (Å²) in [5.74, 6) is 1.09. The molecule has 1 aromatic carbocycles. The third-order valence-corrected chi connectivity index (χ3v) is 5.17. The number of methoxy groups -OCH3 is 1. The third-order valence-electron chi connectivity index (χ3n) is 5.17. The Labute approximate surface area is 160 Å². The monoisotopic (exact) mass is 375 g/mol. The summed E-state index contributed by atoms with van der Waals surface area (Å²) in [6, 6.07) is 5.27. The van der Waals surface area contributed by atoms with Crippen molar-refractivity contribution >= 4 is 23.3 Å². The second kappa shape index (κ2) is 8.61. The van der Waals surface area contributed by atoms with Crippen LogP contribution >= 0.6 is 0 Å². The van der Waals surface area contributed by atoms with Gasteiger partial charge in [0.05, 0.1) is 25.5 Å². The third kappa shape index (κ3) is 4.53. The Balaban J connectivity index is 1.74. The second-order valence-electron chi connectivity index (χ2n) is 7.42. The fraction of sp³-hybridized carbons (Fsp3) is 0.600. The quantitative estimate of drug-likeness (QED) is 0.878. The van der Waals surface area contributed by atoms with Crippen LogP contribution in [0.5, 0.6) is 5.75 Å². The minimum Gasteiger partial charge on any atom is -0.495 e. The molecule has 0 aromatic heterocycles. The minimum atomic E-state index is -0.148. The zero-order valence-electron chi connectivity index (χ0n) is 16.4. The number of rotatable bonds is 4. The van der Waals surface area contributed by atoms with Crippen LogP contribution in [0.15, 0.2) is 18.2 Å². The van der Waals surface area contributed by atoms with Gasteiger partial charge >= 0.3 is 6.03 Å². The lowest BCUT2D eigenvalue weighted by molar-refractivity contribution is -0.119. The largest absolute Gasteiger partial charge is 0.495 e. The maximum Gasteiger partial charge on any atom is 0.322 e. The number of ether oxygens (including phenoxy) is 2. The fourth-order valence-electron chi connectivity index (χ4n) is 3.51. The molecule has 2 aliphatic heterocycles. The van der Waals surface area contributed by atoms with Gasteiger partial charge in [0.2, 0.25) is 5.91 Å². The lowest BCUT2D eigenvalue weighted by Gasteiger charge is -2.35. The molecule has 7 nitrogen and oxygen atoms in total. The van der Waals surface area contributed by atoms with Gasteiger partial charge in [-0.2, -0.15) is 0 Å². The molecule has 27 heavy (non-hydrogen) atoms. The molecule has 0 unspecified atom stereocenters. The van der Waals surface area contributed by atoms with Crippen molar-refractivity contribution in [2.75, 3.05) is 43.6 Å². The number of amides is 3. The van der Waals surface area contributed by atoms with E-state index >= 15 is 0 Å². The Hall–Kier alpha value is -2.28. The highest BCUT2D eigenvalue weighted by Crippen LogP contribution is 2.33. The number of morpholine rings is 1. The van der Waals surface area contributed by atoms with Gasteiger partial charge in [0.25, 0.3) is 0 Å². The summed E-state index contributed by atoms with van der Waals surface area (Å²) in [5, 5.41) is 2.95. The van der Waals surface area contributed by atoms with E-state index in [9.17, 15) is 9.59 Å². The van der Waals surface area contributed by atoms with Gasteiger partial charge in [-0.15, -0.1) is 0 Å². The van der Waals surface area contributed by atoms with Crippen LogP contribution in [0.3, 0.4) is 0 Å². The number of benzene rings is 1. The van der Waals surface area contributed by atoms with Gasteiger partial charge in [0.1, 0.15) is 5.75 Å². The van der Waals surface area contributed by atoms with Crippen molar-refractivity contribution in [3.63, 3.8) is 0 Å². The van der Waals surface area contributed by atoms with E-state index in [-0.39, 0.29) is 18.0 Å². The maximum atomic E-state index is 12.7. The van der Waals surface area contributed by atoms with Gasteiger partial charge in [-0.25, -0.2) is 4.79 Å². The van der Waals surface area contributed by atoms with E-state index in [1.54, 1.807) is 29.0 Å². The molecule has 0 spiro atoms. The summed E-state index contributed by atoms with van der Waals surface area (Å²) >= 11 is 0. The molecule has 0 aliphatic carbocycles. The average Bonchev–Trinajstić information content (AvgIpc) is 2.68. The van der Waals surface area contributed by atoms with Crippen LogP contribution in [0.1, 0.15) is 33.1 Å². The van der Waals surface area contributed by atoms with Crippen molar-refractivity contribution in [1.82, 2.24) is 4.90 Å². The van der Waals surface area contributed by atoms with Gasteiger partial charge < -0.3 is 24.6 Å². The second-order valence-corrected chi connectivity index (χ2v) is 7.42. The molecule has 148 valence electrons. The molecule has 3 rings (SSSR count). The van der Waals surface area contributed by atoms with Gasteiger partial charge in [-0.3, -0.25) is 4.79 Å². The first-order valence-electron chi connectivity index (χ1n) is 9.65. The maximum absolute atomic E-state index is 12.7. The van der Waals surface area contributed by atoms with E-state index in [2.05, 4.69) is 19.2 Å². The lowest BCUT2D eigenvalue weighted by atomic mass is 10.1. The van der Waals surface area contributed by atoms with Gasteiger partial charge in [-0.05, 0) is 37.0 Å². The van der Waals surface area contributed by atoms with Crippen LogP contribution < -0.4 is 15.0 Å². The fourth-order valence-corrected chi connectivity index (χ4v) is 3.51. The number of urea groups is 1. The highest BCUT2D eigenvalue weighted by Gasteiger charge is 2.27. The first-order chi connectivity index (χ1) is 13.0. The molecule has 3 amide bonds. The number of hydrogen-bond donors (Lipinski definition) is 1. The molecule has 0 bridgehead atoms. The Morgan fingerprint density at radius 2 is 2.11 bits per heavy atom. The van der Waals surface area contributed by atoms with Crippen molar-refractivity contribution in [2.24, 2.45) is 5.92 Å². The van der Waals surface area contributed by atoms with Crippen LogP contribution in [0.2, 0.25) is 0 Å². The number of hydrogen-bond acceptors (Lipinski definition) is 4. The number of carbonyl (C=O) groups is 2. The first kappa shape index (κ1) is 19.5. The molecule has 1 atom stereocenters. The van der Waals surface area contributed by atoms with E-state index in [4.69, 9.17) is 9.47 Å². The van der Waals surface area contributed by atoms with Gasteiger partial charge in [0.15, 0.2) is 0 Å². The van der Waals surface area contributed by atoms with E-state index in [1.165, 1.54) is 0 Å². The smallest absolute Gasteiger partial charge is 0.322 e. The Morgan fingerprint density at radius 1 is 1.30 bits per heavy atom. The SMILES string of the molecule is COc1ccc(NC(=O)N2CCO[C@H](C(C)C)C2)cc1N1CCCCC1=O. The van der Waals surface area contributed by atoms with Gasteiger partial charge in [0, 0.05) is 31.7 Å². The standard InChI is InChI=1S/C20H29N3O4/c1-14(2)18-13-22(10-11-27-18)20(25)21-15-7-8-17(26-3)16(12-15)23-9-5-4-6-19(23)24/h7-8,12,14,18H,4-6,9-11,13H2,1-3H3,(H,21,25)/t18-/m0/s1. The van der Waals surface area contributed by atoms with Crippen LogP contribution in [-0.2, 0) is 9.53 Å². The van der Waals surface area contributed by atoms with Crippen LogP contribution in [0.25, 0.3) is 0 Å². The number of carbonyl (C=O) groups excluding carboxylic acids is 2. The average molecular weight is 375 g/mol. The zero-order valence-corrected chi connectivity index (χ0v) is 16.4. The van der Waals surface area contributed by atoms with E-state index in [0.29, 0.717) is 55.7 Å². The summed E-state index contributed by atoms with van der Waals surface area (Å²) < 4.78 is 11.2. The number of piperidine rings is 1. The van der Waals surface area contributed by atoms with Crippen molar-refractivity contribution in [1.29, 1.82) is 0 Å². The number of nitrogens with one attached hydrogen (secondary N) is 1. The molecular weight excluding hydrogens is 346 g/mol. The highest BCUT2D eigenvalue weighted by molar-refractivity contribution is 5.97. The molecule has 7 heteroatoms. The molecule has 0 radical (unpaired) electrons.